The molecular formula is C10H22NO4P. The molecule has 1 atom stereocenters. The molecule has 0 aliphatic rings. The van der Waals surface area contributed by atoms with Gasteiger partial charge in [0.15, 0.2) is 0 Å². The van der Waals surface area contributed by atoms with E-state index in [2.05, 4.69) is 5.32 Å². The molecule has 0 aromatic heterocycles. The van der Waals surface area contributed by atoms with Crippen LogP contribution >= 0.6 is 7.60 Å². The van der Waals surface area contributed by atoms with Crippen LogP contribution in [-0.2, 0) is 18.4 Å². The number of hydrogen-bond donors (Lipinski definition) is 1. The van der Waals surface area contributed by atoms with Gasteiger partial charge in [0.25, 0.3) is 0 Å². The summed E-state index contributed by atoms with van der Waals surface area (Å²) in [5, 5.41) is 2.69. The number of rotatable bonds is 7. The van der Waals surface area contributed by atoms with Crippen LogP contribution in [0.5, 0.6) is 0 Å². The molecule has 6 heteroatoms. The highest BCUT2D eigenvalue weighted by molar-refractivity contribution is 7.55. The van der Waals surface area contributed by atoms with E-state index in [1.165, 1.54) is 0 Å². The van der Waals surface area contributed by atoms with Crippen molar-refractivity contribution in [1.82, 2.24) is 5.32 Å². The van der Waals surface area contributed by atoms with Crippen molar-refractivity contribution in [3.05, 3.63) is 0 Å². The predicted octanol–water partition coefficient (Wildman–Crippen LogP) is 2.17. The summed E-state index contributed by atoms with van der Waals surface area (Å²) < 4.78 is 22.4. The normalized spacial score (nSPS) is 13.9. The predicted molar refractivity (Wildman–Crippen MR) is 63.6 cm³/mol. The van der Waals surface area contributed by atoms with Gasteiger partial charge in [0.1, 0.15) is 5.66 Å². The highest BCUT2D eigenvalue weighted by atomic mass is 31.2. The average molecular weight is 251 g/mol. The average Bonchev–Trinajstić information content (AvgIpc) is 2.16. The smallest absolute Gasteiger partial charge is 0.342 e. The van der Waals surface area contributed by atoms with Crippen molar-refractivity contribution in [1.29, 1.82) is 0 Å². The maximum Gasteiger partial charge on any atom is 0.342 e. The van der Waals surface area contributed by atoms with Crippen LogP contribution in [0.1, 0.15) is 34.6 Å². The minimum atomic E-state index is -3.33. The lowest BCUT2D eigenvalue weighted by Crippen LogP contribution is -2.37. The van der Waals surface area contributed by atoms with E-state index in [-0.39, 0.29) is 25.2 Å². The molecule has 96 valence electrons. The molecule has 0 radical (unpaired) electrons. The molecule has 0 aromatic rings. The fraction of sp³-hybridized carbons (Fsp3) is 0.900. The van der Waals surface area contributed by atoms with Gasteiger partial charge in [-0.1, -0.05) is 0 Å². The summed E-state index contributed by atoms with van der Waals surface area (Å²) in [6, 6.07) is 0.00616. The maximum atomic E-state index is 12.2. The van der Waals surface area contributed by atoms with Gasteiger partial charge in [-0.05, 0) is 34.6 Å². The Morgan fingerprint density at radius 1 is 1.19 bits per heavy atom. The molecule has 1 unspecified atom stereocenters. The summed E-state index contributed by atoms with van der Waals surface area (Å²) in [6.45, 7) is 9.21. The molecule has 1 amide bonds. The number of carbonyl (C=O) groups excluding carboxylic acids is 1. The van der Waals surface area contributed by atoms with Crippen LogP contribution in [0.2, 0.25) is 0 Å². The quantitative estimate of drug-likeness (QED) is 0.704. The Hall–Kier alpha value is -0.380. The van der Waals surface area contributed by atoms with Crippen molar-refractivity contribution >= 4 is 13.5 Å². The summed E-state index contributed by atoms with van der Waals surface area (Å²) in [7, 11) is -3.33. The van der Waals surface area contributed by atoms with Gasteiger partial charge in [-0.25, -0.2) is 0 Å². The van der Waals surface area contributed by atoms with Gasteiger partial charge in [0.05, 0.1) is 13.2 Å². The Kier molecular flexibility index (Phi) is 6.88. The van der Waals surface area contributed by atoms with Gasteiger partial charge in [0, 0.05) is 6.04 Å². The molecule has 0 heterocycles. The molecule has 0 aromatic carbocycles. The second-order valence-corrected chi connectivity index (χ2v) is 6.09. The SMILES string of the molecule is CCOP(=O)(OCC)C(C)C(=O)NC(C)C. The first kappa shape index (κ1) is 15.6. The van der Waals surface area contributed by atoms with Crippen LogP contribution in [0.3, 0.4) is 0 Å². The number of amides is 1. The summed E-state index contributed by atoms with van der Waals surface area (Å²) in [5.74, 6) is -0.305. The second kappa shape index (κ2) is 7.05. The van der Waals surface area contributed by atoms with Crippen LogP contribution in [0, 0.1) is 0 Å². The Labute approximate surface area is 97.4 Å². The van der Waals surface area contributed by atoms with Crippen LogP contribution in [0.4, 0.5) is 0 Å². The lowest BCUT2D eigenvalue weighted by Gasteiger charge is -2.23. The highest BCUT2D eigenvalue weighted by Crippen LogP contribution is 2.52. The van der Waals surface area contributed by atoms with Crippen molar-refractivity contribution in [3.63, 3.8) is 0 Å². The number of nitrogens with one attached hydrogen (secondary N) is 1. The summed E-state index contributed by atoms with van der Waals surface area (Å²) >= 11 is 0. The summed E-state index contributed by atoms with van der Waals surface area (Å²) in [5.41, 5.74) is -0.783. The molecular weight excluding hydrogens is 229 g/mol. The van der Waals surface area contributed by atoms with E-state index in [9.17, 15) is 9.36 Å². The fourth-order valence-corrected chi connectivity index (χ4v) is 2.77. The van der Waals surface area contributed by atoms with Crippen molar-refractivity contribution in [3.8, 4) is 0 Å². The maximum absolute atomic E-state index is 12.2. The van der Waals surface area contributed by atoms with Gasteiger partial charge in [-0.15, -0.1) is 0 Å². The first-order valence-corrected chi connectivity index (χ1v) is 7.17. The molecule has 0 saturated carbocycles. The zero-order valence-corrected chi connectivity index (χ0v) is 11.5. The second-order valence-electron chi connectivity index (χ2n) is 3.71. The summed E-state index contributed by atoms with van der Waals surface area (Å²) in [6.07, 6.45) is 0. The molecule has 16 heavy (non-hydrogen) atoms. The first-order valence-electron chi connectivity index (χ1n) is 5.56. The van der Waals surface area contributed by atoms with E-state index in [0.717, 1.165) is 0 Å². The third kappa shape index (κ3) is 4.64. The van der Waals surface area contributed by atoms with Crippen LogP contribution in [0.15, 0.2) is 0 Å². The molecule has 5 nitrogen and oxygen atoms in total. The largest absolute Gasteiger partial charge is 0.353 e. The number of carbonyl (C=O) groups is 1. The fourth-order valence-electron chi connectivity index (χ4n) is 1.17. The Morgan fingerprint density at radius 3 is 1.94 bits per heavy atom. The third-order valence-corrected chi connectivity index (χ3v) is 4.32. The van der Waals surface area contributed by atoms with E-state index < -0.39 is 13.3 Å². The Morgan fingerprint density at radius 2 is 1.62 bits per heavy atom. The van der Waals surface area contributed by atoms with Crippen LogP contribution in [-0.4, -0.2) is 30.8 Å². The monoisotopic (exact) mass is 251 g/mol. The number of hydrogen-bond acceptors (Lipinski definition) is 4. The zero-order valence-electron chi connectivity index (χ0n) is 10.6. The van der Waals surface area contributed by atoms with Gasteiger partial charge >= 0.3 is 7.60 Å². The van der Waals surface area contributed by atoms with E-state index in [1.807, 2.05) is 13.8 Å². The van der Waals surface area contributed by atoms with Crippen molar-refractivity contribution in [2.24, 2.45) is 0 Å². The lowest BCUT2D eigenvalue weighted by atomic mass is 10.3. The third-order valence-electron chi connectivity index (χ3n) is 1.90. The molecule has 0 aliphatic heterocycles. The standard InChI is InChI=1S/C10H22NO4P/c1-6-14-16(13,15-7-2)9(5)10(12)11-8(3)4/h8-9H,6-7H2,1-5H3,(H,11,12). The summed E-state index contributed by atoms with van der Waals surface area (Å²) in [4.78, 5) is 11.7. The van der Waals surface area contributed by atoms with E-state index in [4.69, 9.17) is 9.05 Å². The Balaban J connectivity index is 4.66. The zero-order chi connectivity index (χ0) is 12.8. The minimum Gasteiger partial charge on any atom is -0.353 e. The molecule has 1 N–H and O–H groups in total. The van der Waals surface area contributed by atoms with Crippen LogP contribution < -0.4 is 5.32 Å². The van der Waals surface area contributed by atoms with Gasteiger partial charge in [-0.2, -0.15) is 0 Å². The first-order chi connectivity index (χ1) is 7.37. The van der Waals surface area contributed by atoms with E-state index >= 15 is 0 Å². The van der Waals surface area contributed by atoms with Gasteiger partial charge in [0.2, 0.25) is 5.91 Å². The minimum absolute atomic E-state index is 0.00616. The molecule has 0 spiro atoms. The van der Waals surface area contributed by atoms with Crippen molar-refractivity contribution < 1.29 is 18.4 Å². The molecule has 0 fully saturated rings. The molecule has 0 saturated heterocycles. The lowest BCUT2D eigenvalue weighted by molar-refractivity contribution is -0.121. The van der Waals surface area contributed by atoms with Crippen LogP contribution in [0.25, 0.3) is 0 Å². The topological polar surface area (TPSA) is 64.6 Å². The van der Waals surface area contributed by atoms with Crippen molar-refractivity contribution in [2.45, 2.75) is 46.3 Å². The highest BCUT2D eigenvalue weighted by Gasteiger charge is 2.37. The molecule has 0 aliphatic carbocycles. The van der Waals surface area contributed by atoms with Gasteiger partial charge < -0.3 is 14.4 Å². The van der Waals surface area contributed by atoms with E-state index in [0.29, 0.717) is 0 Å². The van der Waals surface area contributed by atoms with Gasteiger partial charge in [-0.3, -0.25) is 9.36 Å². The van der Waals surface area contributed by atoms with Crippen molar-refractivity contribution in [2.75, 3.05) is 13.2 Å². The Bertz CT molecular complexity index is 258. The molecule has 0 bridgehead atoms. The molecule has 0 rings (SSSR count). The van der Waals surface area contributed by atoms with E-state index in [1.54, 1.807) is 20.8 Å².